The number of aromatic amines is 1. The number of rotatable bonds is 3. The first-order valence-corrected chi connectivity index (χ1v) is 7.77. The Morgan fingerprint density at radius 1 is 1.32 bits per heavy atom. The molecule has 1 aliphatic heterocycles. The summed E-state index contributed by atoms with van der Waals surface area (Å²) in [5.41, 5.74) is 7.04. The molecule has 0 spiro atoms. The zero-order valence-electron chi connectivity index (χ0n) is 12.3. The summed E-state index contributed by atoms with van der Waals surface area (Å²) in [4.78, 5) is 21.6. The number of hydrogen-bond acceptors (Lipinski definition) is 5. The molecule has 1 amide bonds. The van der Waals surface area contributed by atoms with Crippen molar-refractivity contribution in [2.45, 2.75) is 37.6 Å². The number of aromatic nitrogens is 3. The molecule has 2 fully saturated rings. The van der Waals surface area contributed by atoms with Crippen molar-refractivity contribution in [2.75, 3.05) is 13.1 Å². The van der Waals surface area contributed by atoms with Gasteiger partial charge in [0.2, 0.25) is 0 Å². The Bertz CT molecular complexity index is 694. The van der Waals surface area contributed by atoms with Gasteiger partial charge in [0.1, 0.15) is 5.69 Å². The normalized spacial score (nSPS) is 20.1. The minimum Gasteiger partial charge on any atom is -0.356 e. The van der Waals surface area contributed by atoms with Crippen LogP contribution in [0.2, 0.25) is 0 Å². The van der Waals surface area contributed by atoms with E-state index >= 15 is 0 Å². The van der Waals surface area contributed by atoms with Gasteiger partial charge < -0.3 is 20.1 Å². The Hall–Kier alpha value is -2.15. The summed E-state index contributed by atoms with van der Waals surface area (Å²) in [6.45, 7) is 1.65. The van der Waals surface area contributed by atoms with E-state index in [0.29, 0.717) is 17.4 Å². The summed E-state index contributed by atoms with van der Waals surface area (Å²) in [6, 6.07) is 1.77. The third-order valence-corrected chi connectivity index (χ3v) is 4.67. The van der Waals surface area contributed by atoms with Crippen LogP contribution in [0.3, 0.4) is 0 Å². The molecule has 2 aromatic heterocycles. The second kappa shape index (κ2) is 4.95. The van der Waals surface area contributed by atoms with Crippen molar-refractivity contribution in [2.24, 2.45) is 5.73 Å². The highest BCUT2D eigenvalue weighted by Gasteiger charge is 2.39. The number of likely N-dealkylation sites (tertiary alicyclic amines) is 1. The molecular weight excluding hydrogens is 282 g/mol. The van der Waals surface area contributed by atoms with Gasteiger partial charge in [0.15, 0.2) is 5.82 Å². The Kier molecular flexibility index (Phi) is 3.04. The first-order chi connectivity index (χ1) is 10.7. The predicted octanol–water partition coefficient (Wildman–Crippen LogP) is 1.64. The van der Waals surface area contributed by atoms with Crippen molar-refractivity contribution in [3.63, 3.8) is 0 Å². The topological polar surface area (TPSA) is 101 Å². The molecule has 22 heavy (non-hydrogen) atoms. The van der Waals surface area contributed by atoms with E-state index in [4.69, 9.17) is 10.3 Å². The van der Waals surface area contributed by atoms with Crippen LogP contribution in [0.1, 0.15) is 48.4 Å². The fraction of sp³-hybridized carbons (Fsp3) is 0.533. The third-order valence-electron chi connectivity index (χ3n) is 4.67. The maximum absolute atomic E-state index is 12.3. The van der Waals surface area contributed by atoms with Crippen LogP contribution in [0.25, 0.3) is 11.5 Å². The second-order valence-electron chi connectivity index (χ2n) is 6.23. The zero-order valence-corrected chi connectivity index (χ0v) is 12.3. The summed E-state index contributed by atoms with van der Waals surface area (Å²) >= 11 is 0. The van der Waals surface area contributed by atoms with E-state index < -0.39 is 5.54 Å². The van der Waals surface area contributed by atoms with Gasteiger partial charge in [0.25, 0.3) is 11.8 Å². The molecular formula is C15H19N5O2. The van der Waals surface area contributed by atoms with Crippen LogP contribution < -0.4 is 5.73 Å². The average molecular weight is 301 g/mol. The first kappa shape index (κ1) is 13.5. The highest BCUT2D eigenvalue weighted by Crippen LogP contribution is 2.37. The lowest BCUT2D eigenvalue weighted by molar-refractivity contribution is 0.0788. The molecule has 116 valence electrons. The molecule has 1 aliphatic carbocycles. The Morgan fingerprint density at radius 2 is 2.09 bits per heavy atom. The minimum absolute atomic E-state index is 0.0257. The zero-order chi connectivity index (χ0) is 15.2. The van der Waals surface area contributed by atoms with Crippen LogP contribution in [0, 0.1) is 0 Å². The molecule has 0 radical (unpaired) electrons. The van der Waals surface area contributed by atoms with E-state index in [1.54, 1.807) is 12.3 Å². The summed E-state index contributed by atoms with van der Waals surface area (Å²) < 4.78 is 5.31. The summed E-state index contributed by atoms with van der Waals surface area (Å²) in [5, 5.41) is 4.00. The van der Waals surface area contributed by atoms with E-state index in [0.717, 1.165) is 50.8 Å². The fourth-order valence-electron chi connectivity index (χ4n) is 3.06. The van der Waals surface area contributed by atoms with Crippen LogP contribution in [0.4, 0.5) is 0 Å². The molecule has 3 heterocycles. The number of carbonyl (C=O) groups excluding carboxylic acids is 1. The SMILES string of the molecule is NC1(c2noc(-c3c[nH]c(C(=O)N4CCCC4)c3)n2)CCC1. The number of hydrogen-bond donors (Lipinski definition) is 2. The molecule has 3 N–H and O–H groups in total. The van der Waals surface area contributed by atoms with Gasteiger partial charge in [0.05, 0.1) is 11.1 Å². The summed E-state index contributed by atoms with van der Waals surface area (Å²) in [6.07, 6.45) is 6.75. The average Bonchev–Trinajstić information content (AvgIpc) is 3.23. The van der Waals surface area contributed by atoms with Crippen molar-refractivity contribution in [1.29, 1.82) is 0 Å². The number of nitrogens with two attached hydrogens (primary N) is 1. The van der Waals surface area contributed by atoms with Gasteiger partial charge in [0, 0.05) is 19.3 Å². The van der Waals surface area contributed by atoms with Gasteiger partial charge in [-0.1, -0.05) is 5.16 Å². The summed E-state index contributed by atoms with van der Waals surface area (Å²) in [5.74, 6) is 0.989. The number of H-pyrrole nitrogens is 1. The van der Waals surface area contributed by atoms with Crippen molar-refractivity contribution < 1.29 is 9.32 Å². The smallest absolute Gasteiger partial charge is 0.270 e. The quantitative estimate of drug-likeness (QED) is 0.897. The minimum atomic E-state index is -0.438. The van der Waals surface area contributed by atoms with Crippen LogP contribution in [-0.2, 0) is 5.54 Å². The number of amides is 1. The summed E-state index contributed by atoms with van der Waals surface area (Å²) in [7, 11) is 0. The standard InChI is InChI=1S/C15H19N5O2/c16-15(4-3-5-15)14-18-12(22-19-14)10-8-11(17-9-10)13(21)20-6-1-2-7-20/h8-9,17H,1-7,16H2. The maximum Gasteiger partial charge on any atom is 0.270 e. The Morgan fingerprint density at radius 3 is 2.77 bits per heavy atom. The molecule has 1 saturated carbocycles. The van der Waals surface area contributed by atoms with Gasteiger partial charge in [-0.05, 0) is 38.2 Å². The Balaban J connectivity index is 1.55. The molecule has 4 rings (SSSR count). The van der Waals surface area contributed by atoms with Crippen LogP contribution in [-0.4, -0.2) is 39.0 Å². The molecule has 0 unspecified atom stereocenters. The number of nitrogens with zero attached hydrogens (tertiary/aromatic N) is 3. The van der Waals surface area contributed by atoms with Gasteiger partial charge in [-0.2, -0.15) is 4.98 Å². The van der Waals surface area contributed by atoms with Gasteiger partial charge in [-0.15, -0.1) is 0 Å². The van der Waals surface area contributed by atoms with Crippen molar-refractivity contribution in [3.05, 3.63) is 23.8 Å². The van der Waals surface area contributed by atoms with E-state index in [2.05, 4.69) is 15.1 Å². The molecule has 0 bridgehead atoms. The molecule has 1 saturated heterocycles. The van der Waals surface area contributed by atoms with Crippen molar-refractivity contribution in [1.82, 2.24) is 20.0 Å². The highest BCUT2D eigenvalue weighted by molar-refractivity contribution is 5.93. The van der Waals surface area contributed by atoms with Gasteiger partial charge >= 0.3 is 0 Å². The molecule has 2 aromatic rings. The molecule has 2 aliphatic rings. The largest absolute Gasteiger partial charge is 0.356 e. The maximum atomic E-state index is 12.3. The second-order valence-corrected chi connectivity index (χ2v) is 6.23. The molecule has 7 heteroatoms. The lowest BCUT2D eigenvalue weighted by Gasteiger charge is -2.34. The highest BCUT2D eigenvalue weighted by atomic mass is 16.5. The lowest BCUT2D eigenvalue weighted by atomic mass is 9.77. The molecule has 0 aromatic carbocycles. The Labute approximate surface area is 127 Å². The van der Waals surface area contributed by atoms with Crippen molar-refractivity contribution >= 4 is 5.91 Å². The van der Waals surface area contributed by atoms with E-state index in [9.17, 15) is 4.79 Å². The predicted molar refractivity (Wildman–Crippen MR) is 78.9 cm³/mol. The molecule has 7 nitrogen and oxygen atoms in total. The monoisotopic (exact) mass is 301 g/mol. The van der Waals surface area contributed by atoms with Gasteiger partial charge in [-0.3, -0.25) is 4.79 Å². The van der Waals surface area contributed by atoms with E-state index in [-0.39, 0.29) is 5.91 Å². The number of nitrogens with one attached hydrogen (secondary N) is 1. The van der Waals surface area contributed by atoms with Crippen LogP contribution >= 0.6 is 0 Å². The fourth-order valence-corrected chi connectivity index (χ4v) is 3.06. The van der Waals surface area contributed by atoms with Crippen LogP contribution in [0.15, 0.2) is 16.8 Å². The first-order valence-electron chi connectivity index (χ1n) is 7.77. The lowest BCUT2D eigenvalue weighted by Crippen LogP contribution is -2.44. The number of carbonyl (C=O) groups is 1. The van der Waals surface area contributed by atoms with Crippen LogP contribution in [0.5, 0.6) is 0 Å². The van der Waals surface area contributed by atoms with E-state index in [1.807, 2.05) is 4.90 Å². The van der Waals surface area contributed by atoms with Gasteiger partial charge in [-0.25, -0.2) is 0 Å². The third kappa shape index (κ3) is 2.12. The van der Waals surface area contributed by atoms with Crippen molar-refractivity contribution in [3.8, 4) is 11.5 Å². The van der Waals surface area contributed by atoms with E-state index in [1.165, 1.54) is 0 Å². The molecule has 0 atom stereocenters.